The fourth-order valence-corrected chi connectivity index (χ4v) is 3.74. The van der Waals surface area contributed by atoms with Gasteiger partial charge in [-0.1, -0.05) is 77.0 Å². The summed E-state index contributed by atoms with van der Waals surface area (Å²) in [5, 5.41) is 0. The lowest BCUT2D eigenvalue weighted by molar-refractivity contribution is 0.0292. The molecule has 126 valence electrons. The Balaban J connectivity index is 2.25. The monoisotopic (exact) mass is 314 g/mol. The highest BCUT2D eigenvalue weighted by Crippen LogP contribution is 2.30. The Labute approximate surface area is 138 Å². The molecule has 21 heavy (non-hydrogen) atoms. The van der Waals surface area contributed by atoms with Crippen LogP contribution < -0.4 is 0 Å². The average molecular weight is 315 g/mol. The molecule has 0 aromatic heterocycles. The third-order valence-corrected chi connectivity index (χ3v) is 6.05. The van der Waals surface area contributed by atoms with Crippen LogP contribution in [0.1, 0.15) is 103 Å². The second-order valence-corrected chi connectivity index (χ2v) is 8.16. The van der Waals surface area contributed by atoms with Crippen LogP contribution in [-0.4, -0.2) is 17.8 Å². The molecule has 1 aliphatic rings. The summed E-state index contributed by atoms with van der Waals surface area (Å²) in [5.74, 6) is 0. The number of thioether (sulfide) groups is 1. The van der Waals surface area contributed by atoms with Gasteiger partial charge in [-0.2, -0.15) is 0 Å². The summed E-state index contributed by atoms with van der Waals surface area (Å²) in [7, 11) is 0. The van der Waals surface area contributed by atoms with E-state index in [4.69, 9.17) is 4.74 Å². The molecule has 1 fully saturated rings. The summed E-state index contributed by atoms with van der Waals surface area (Å²) in [4.78, 5) is 0.0609. The van der Waals surface area contributed by atoms with Gasteiger partial charge in [0.05, 0.1) is 0 Å². The molecule has 0 saturated carbocycles. The quantitative estimate of drug-likeness (QED) is 0.518. The lowest BCUT2D eigenvalue weighted by Crippen LogP contribution is -2.24. The van der Waals surface area contributed by atoms with Crippen molar-refractivity contribution in [1.29, 1.82) is 0 Å². The molecular weight excluding hydrogens is 276 g/mol. The highest BCUT2D eigenvalue weighted by molar-refractivity contribution is 7.99. The van der Waals surface area contributed by atoms with Crippen LogP contribution in [0.25, 0.3) is 0 Å². The van der Waals surface area contributed by atoms with E-state index in [0.29, 0.717) is 0 Å². The van der Waals surface area contributed by atoms with E-state index >= 15 is 0 Å². The lowest BCUT2D eigenvalue weighted by atomic mass is 10.0. The van der Waals surface area contributed by atoms with Crippen LogP contribution in [0.3, 0.4) is 0 Å². The van der Waals surface area contributed by atoms with Crippen LogP contribution in [0, 0.1) is 0 Å². The van der Waals surface area contributed by atoms with Crippen LogP contribution in [-0.2, 0) is 4.74 Å². The molecular formula is C19H38OS. The number of hydrogen-bond acceptors (Lipinski definition) is 2. The molecule has 0 N–H and O–H groups in total. The molecule has 1 atom stereocenters. The van der Waals surface area contributed by atoms with Gasteiger partial charge in [-0.3, -0.25) is 0 Å². The summed E-state index contributed by atoms with van der Waals surface area (Å²) in [6.07, 6.45) is 23.2. The van der Waals surface area contributed by atoms with Crippen molar-refractivity contribution in [3.05, 3.63) is 0 Å². The smallest absolute Gasteiger partial charge is 0.110 e. The second kappa shape index (κ2) is 12.8. The predicted octanol–water partition coefficient (Wildman–Crippen LogP) is 6.95. The Kier molecular flexibility index (Phi) is 11.8. The summed E-state index contributed by atoms with van der Waals surface area (Å²) in [6.45, 7) is 3.24. The van der Waals surface area contributed by atoms with Crippen molar-refractivity contribution in [3.63, 3.8) is 0 Å². The van der Waals surface area contributed by atoms with Gasteiger partial charge in [0, 0.05) is 6.61 Å². The van der Waals surface area contributed by atoms with Gasteiger partial charge in [0.2, 0.25) is 0 Å². The molecule has 1 aliphatic heterocycles. The Bertz CT molecular complexity index is 212. The van der Waals surface area contributed by atoms with E-state index in [0.717, 1.165) is 6.61 Å². The zero-order chi connectivity index (χ0) is 15.2. The van der Waals surface area contributed by atoms with Gasteiger partial charge in [-0.05, 0) is 32.4 Å². The SMILES string of the molecule is CSC1(C)CCCCCCCCCCCCCCCCO1. The van der Waals surface area contributed by atoms with E-state index in [9.17, 15) is 0 Å². The third kappa shape index (κ3) is 10.6. The van der Waals surface area contributed by atoms with Gasteiger partial charge in [0.25, 0.3) is 0 Å². The van der Waals surface area contributed by atoms with Crippen LogP contribution in [0.5, 0.6) is 0 Å². The normalized spacial score (nSPS) is 29.4. The summed E-state index contributed by atoms with van der Waals surface area (Å²) >= 11 is 1.90. The molecule has 0 aromatic carbocycles. The van der Waals surface area contributed by atoms with Gasteiger partial charge in [0.15, 0.2) is 0 Å². The molecule has 1 nitrogen and oxygen atoms in total. The van der Waals surface area contributed by atoms with Gasteiger partial charge in [0.1, 0.15) is 4.93 Å². The molecule has 0 bridgehead atoms. The van der Waals surface area contributed by atoms with Crippen molar-refractivity contribution in [3.8, 4) is 0 Å². The maximum absolute atomic E-state index is 6.19. The van der Waals surface area contributed by atoms with Gasteiger partial charge >= 0.3 is 0 Å². The number of rotatable bonds is 1. The van der Waals surface area contributed by atoms with Crippen LogP contribution in [0.4, 0.5) is 0 Å². The van der Waals surface area contributed by atoms with Crippen LogP contribution >= 0.6 is 11.8 Å². The van der Waals surface area contributed by atoms with E-state index in [2.05, 4.69) is 13.2 Å². The van der Waals surface area contributed by atoms with Crippen LogP contribution in [0.15, 0.2) is 0 Å². The van der Waals surface area contributed by atoms with Crippen molar-refractivity contribution < 1.29 is 4.74 Å². The molecule has 0 aromatic rings. The van der Waals surface area contributed by atoms with Gasteiger partial charge < -0.3 is 4.74 Å². The Hall–Kier alpha value is 0.310. The van der Waals surface area contributed by atoms with Gasteiger partial charge in [-0.15, -0.1) is 11.8 Å². The first-order chi connectivity index (χ1) is 10.3. The molecule has 1 unspecified atom stereocenters. The average Bonchev–Trinajstić information content (AvgIpc) is 2.49. The van der Waals surface area contributed by atoms with Crippen molar-refractivity contribution in [2.45, 2.75) is 108 Å². The minimum atomic E-state index is 0.0609. The fraction of sp³-hybridized carbons (Fsp3) is 1.00. The summed E-state index contributed by atoms with van der Waals surface area (Å²) in [5.41, 5.74) is 0. The van der Waals surface area contributed by atoms with Crippen molar-refractivity contribution in [2.75, 3.05) is 12.9 Å². The van der Waals surface area contributed by atoms with E-state index in [1.807, 2.05) is 11.8 Å². The molecule has 0 aliphatic carbocycles. The standard InChI is InChI=1S/C19H38OS/c1-19(21-2)17-15-13-11-9-7-5-3-4-6-8-10-12-14-16-18-20-19/h3-18H2,1-2H3. The van der Waals surface area contributed by atoms with E-state index in [1.165, 1.54) is 96.3 Å². The first-order valence-electron chi connectivity index (χ1n) is 9.46. The lowest BCUT2D eigenvalue weighted by Gasteiger charge is -2.28. The summed E-state index contributed by atoms with van der Waals surface area (Å²) in [6, 6.07) is 0. The van der Waals surface area contributed by atoms with Crippen molar-refractivity contribution >= 4 is 11.8 Å². The topological polar surface area (TPSA) is 9.23 Å². The Morgan fingerprint density at radius 2 is 1.00 bits per heavy atom. The third-order valence-electron chi connectivity index (χ3n) is 4.86. The fourth-order valence-electron chi connectivity index (χ4n) is 3.19. The van der Waals surface area contributed by atoms with Crippen molar-refractivity contribution in [2.24, 2.45) is 0 Å². The molecule has 2 heteroatoms. The highest BCUT2D eigenvalue weighted by atomic mass is 32.2. The second-order valence-electron chi connectivity index (χ2n) is 6.89. The zero-order valence-corrected chi connectivity index (χ0v) is 15.4. The molecule has 1 heterocycles. The molecule has 0 radical (unpaired) electrons. The first-order valence-corrected chi connectivity index (χ1v) is 10.7. The largest absolute Gasteiger partial charge is 0.365 e. The Morgan fingerprint density at radius 3 is 1.43 bits per heavy atom. The molecule has 1 saturated heterocycles. The molecule has 0 amide bonds. The van der Waals surface area contributed by atoms with E-state index in [-0.39, 0.29) is 4.93 Å². The van der Waals surface area contributed by atoms with Crippen molar-refractivity contribution in [1.82, 2.24) is 0 Å². The van der Waals surface area contributed by atoms with E-state index < -0.39 is 0 Å². The van der Waals surface area contributed by atoms with Gasteiger partial charge in [-0.25, -0.2) is 0 Å². The van der Waals surface area contributed by atoms with E-state index in [1.54, 1.807) is 0 Å². The number of hydrogen-bond donors (Lipinski definition) is 0. The first kappa shape index (κ1) is 19.4. The zero-order valence-electron chi connectivity index (χ0n) is 14.6. The minimum absolute atomic E-state index is 0.0609. The highest BCUT2D eigenvalue weighted by Gasteiger charge is 2.22. The molecule has 0 spiro atoms. The maximum atomic E-state index is 6.19. The molecule has 1 rings (SSSR count). The van der Waals surface area contributed by atoms with Crippen LogP contribution in [0.2, 0.25) is 0 Å². The summed E-state index contributed by atoms with van der Waals surface area (Å²) < 4.78 is 6.19. The predicted molar refractivity (Wildman–Crippen MR) is 97.1 cm³/mol. The maximum Gasteiger partial charge on any atom is 0.110 e. The minimum Gasteiger partial charge on any atom is -0.365 e. The Morgan fingerprint density at radius 1 is 0.619 bits per heavy atom. The number of ether oxygens (including phenoxy) is 1.